The molecular weight excluding hydrogens is 383 g/mol. The monoisotopic (exact) mass is 400 g/mol. The van der Waals surface area contributed by atoms with Crippen molar-refractivity contribution in [1.82, 2.24) is 10.2 Å². The molecule has 3 rings (SSSR count). The van der Waals surface area contributed by atoms with Crippen LogP contribution in [0.1, 0.15) is 11.1 Å². The Hall–Kier alpha value is -3.88. The quantitative estimate of drug-likeness (QED) is 0.589. The van der Waals surface area contributed by atoms with E-state index in [0.29, 0.717) is 11.1 Å². The number of aromatic hydroxyl groups is 1. The second-order valence-electron chi connectivity index (χ2n) is 6.11. The molecule has 0 spiro atoms. The maximum atomic E-state index is 13.1. The number of phenols is 1. The van der Waals surface area contributed by atoms with Crippen LogP contribution in [0.2, 0.25) is 0 Å². The Kier molecular flexibility index (Phi) is 5.49. The summed E-state index contributed by atoms with van der Waals surface area (Å²) in [6.07, 6.45) is 1.26. The van der Waals surface area contributed by atoms with Crippen LogP contribution in [0.3, 0.4) is 0 Å². The first-order chi connectivity index (χ1) is 13.8. The Bertz CT molecular complexity index is 991. The van der Waals surface area contributed by atoms with E-state index in [2.05, 4.69) is 5.32 Å². The molecule has 1 aliphatic rings. The van der Waals surface area contributed by atoms with Crippen LogP contribution < -0.4 is 14.8 Å². The third-order valence-corrected chi connectivity index (χ3v) is 4.25. The number of nitrogens with one attached hydrogen (secondary N) is 1. The average molecular weight is 400 g/mol. The molecule has 1 heterocycles. The topological polar surface area (TPSA) is 105 Å². The van der Waals surface area contributed by atoms with E-state index < -0.39 is 23.7 Å². The first kappa shape index (κ1) is 19.9. The number of imide groups is 2. The van der Waals surface area contributed by atoms with E-state index in [9.17, 15) is 23.9 Å². The van der Waals surface area contributed by atoms with Crippen molar-refractivity contribution < 1.29 is 33.4 Å². The highest BCUT2D eigenvalue weighted by molar-refractivity contribution is 6.31. The summed E-state index contributed by atoms with van der Waals surface area (Å²) in [6.45, 7) is -0.141. The summed E-state index contributed by atoms with van der Waals surface area (Å²) in [7, 11) is 2.68. The van der Waals surface area contributed by atoms with Crippen LogP contribution in [-0.4, -0.2) is 42.1 Å². The Morgan fingerprint density at radius 2 is 1.66 bits per heavy atom. The lowest BCUT2D eigenvalue weighted by molar-refractivity contribution is -0.130. The summed E-state index contributed by atoms with van der Waals surface area (Å²) >= 11 is 0. The largest absolute Gasteiger partial charge is 0.502 e. The van der Waals surface area contributed by atoms with Crippen LogP contribution in [0.25, 0.3) is 6.08 Å². The molecule has 8 nitrogen and oxygen atoms in total. The van der Waals surface area contributed by atoms with Crippen LogP contribution in [0.4, 0.5) is 9.18 Å². The van der Waals surface area contributed by atoms with Gasteiger partial charge in [-0.25, -0.2) is 9.18 Å². The predicted molar refractivity (Wildman–Crippen MR) is 99.7 cm³/mol. The van der Waals surface area contributed by atoms with Gasteiger partial charge in [-0.2, -0.15) is 0 Å². The van der Waals surface area contributed by atoms with E-state index in [1.54, 1.807) is 0 Å². The van der Waals surface area contributed by atoms with Crippen molar-refractivity contribution in [2.24, 2.45) is 0 Å². The first-order valence-corrected chi connectivity index (χ1v) is 8.42. The molecule has 0 bridgehead atoms. The summed E-state index contributed by atoms with van der Waals surface area (Å²) in [4.78, 5) is 38.0. The van der Waals surface area contributed by atoms with E-state index in [-0.39, 0.29) is 29.4 Å². The number of nitrogens with zero attached hydrogens (tertiary/aromatic N) is 1. The fourth-order valence-corrected chi connectivity index (χ4v) is 2.77. The summed E-state index contributed by atoms with van der Waals surface area (Å²) < 4.78 is 23.2. The Labute approximate surface area is 165 Å². The summed E-state index contributed by atoms with van der Waals surface area (Å²) in [5, 5.41) is 12.1. The van der Waals surface area contributed by atoms with E-state index in [4.69, 9.17) is 9.47 Å². The molecule has 0 saturated carbocycles. The number of benzene rings is 2. The van der Waals surface area contributed by atoms with Crippen LogP contribution >= 0.6 is 0 Å². The van der Waals surface area contributed by atoms with Gasteiger partial charge in [0.25, 0.3) is 11.8 Å². The molecule has 150 valence electrons. The third kappa shape index (κ3) is 4.03. The van der Waals surface area contributed by atoms with E-state index in [1.165, 1.54) is 56.7 Å². The molecule has 0 aliphatic carbocycles. The number of urea groups is 1. The Morgan fingerprint density at radius 3 is 2.21 bits per heavy atom. The number of barbiturate groups is 1. The zero-order chi connectivity index (χ0) is 21.1. The Morgan fingerprint density at radius 1 is 1.07 bits per heavy atom. The molecule has 0 aromatic heterocycles. The average Bonchev–Trinajstić information content (AvgIpc) is 2.70. The van der Waals surface area contributed by atoms with Gasteiger partial charge in [0, 0.05) is 0 Å². The number of carbonyl (C=O) groups is 3. The number of hydrogen-bond donors (Lipinski definition) is 2. The van der Waals surface area contributed by atoms with Crippen molar-refractivity contribution in [2.75, 3.05) is 14.2 Å². The fraction of sp³-hybridized carbons (Fsp3) is 0.150. The van der Waals surface area contributed by atoms with E-state index in [0.717, 1.165) is 4.90 Å². The normalized spacial score (nSPS) is 15.5. The molecule has 0 unspecified atom stereocenters. The number of phenolic OH excluding ortho intramolecular Hbond substituents is 1. The minimum atomic E-state index is -0.873. The molecular formula is C20H17FN2O6. The fourth-order valence-electron chi connectivity index (χ4n) is 2.77. The number of carbonyl (C=O) groups excluding carboxylic acids is 3. The zero-order valence-electron chi connectivity index (χ0n) is 15.6. The van der Waals surface area contributed by atoms with Crippen LogP contribution in [-0.2, 0) is 16.1 Å². The molecule has 2 aromatic rings. The van der Waals surface area contributed by atoms with E-state index >= 15 is 0 Å². The van der Waals surface area contributed by atoms with Crippen LogP contribution in [0, 0.1) is 5.82 Å². The SMILES string of the molecule is COc1cc(C=C2C(=O)NC(=O)N(Cc3ccc(F)cc3)C2=O)cc(OC)c1O. The summed E-state index contributed by atoms with van der Waals surface area (Å²) in [6, 6.07) is 7.23. The Balaban J connectivity index is 1.96. The number of methoxy groups -OCH3 is 2. The van der Waals surface area contributed by atoms with Gasteiger partial charge in [-0.3, -0.25) is 19.8 Å². The molecule has 1 aliphatic heterocycles. The maximum absolute atomic E-state index is 13.1. The number of rotatable bonds is 5. The highest BCUT2D eigenvalue weighted by atomic mass is 19.1. The molecule has 2 N–H and O–H groups in total. The zero-order valence-corrected chi connectivity index (χ0v) is 15.6. The molecule has 1 saturated heterocycles. The lowest BCUT2D eigenvalue weighted by Gasteiger charge is -2.26. The second kappa shape index (κ2) is 8.01. The molecule has 4 amide bonds. The predicted octanol–water partition coefficient (Wildman–Crippen LogP) is 2.21. The van der Waals surface area contributed by atoms with Gasteiger partial charge in [-0.1, -0.05) is 12.1 Å². The minimum absolute atomic E-state index is 0.0825. The number of amides is 4. The maximum Gasteiger partial charge on any atom is 0.331 e. The molecule has 1 fully saturated rings. The standard InChI is InChI=1S/C20H17FN2O6/c1-28-15-8-12(9-16(29-2)17(15)24)7-14-18(25)22-20(27)23(19(14)26)10-11-3-5-13(21)6-4-11/h3-9,24H,10H2,1-2H3,(H,22,25,27). The van der Waals surface area contributed by atoms with Gasteiger partial charge in [0.15, 0.2) is 11.5 Å². The number of halogens is 1. The van der Waals surface area contributed by atoms with Crippen molar-refractivity contribution >= 4 is 23.9 Å². The van der Waals surface area contributed by atoms with Crippen LogP contribution in [0.5, 0.6) is 17.2 Å². The van der Waals surface area contributed by atoms with Crippen molar-refractivity contribution in [2.45, 2.75) is 6.54 Å². The van der Waals surface area contributed by atoms with Crippen molar-refractivity contribution in [3.63, 3.8) is 0 Å². The molecule has 29 heavy (non-hydrogen) atoms. The van der Waals surface area contributed by atoms with Crippen molar-refractivity contribution in [3.8, 4) is 17.2 Å². The number of hydrogen-bond acceptors (Lipinski definition) is 6. The van der Waals surface area contributed by atoms with Gasteiger partial charge in [-0.15, -0.1) is 0 Å². The summed E-state index contributed by atoms with van der Waals surface area (Å²) in [5.41, 5.74) is 0.559. The van der Waals surface area contributed by atoms with Crippen LogP contribution in [0.15, 0.2) is 42.0 Å². The molecule has 2 aromatic carbocycles. The lowest BCUT2D eigenvalue weighted by Crippen LogP contribution is -2.53. The highest BCUT2D eigenvalue weighted by Gasteiger charge is 2.35. The van der Waals surface area contributed by atoms with Gasteiger partial charge in [-0.05, 0) is 41.5 Å². The summed E-state index contributed by atoms with van der Waals surface area (Å²) in [5.74, 6) is -2.19. The van der Waals surface area contributed by atoms with Gasteiger partial charge >= 0.3 is 6.03 Å². The van der Waals surface area contributed by atoms with Gasteiger partial charge in [0.2, 0.25) is 5.75 Å². The van der Waals surface area contributed by atoms with Crippen molar-refractivity contribution in [3.05, 3.63) is 58.9 Å². The molecule has 0 atom stereocenters. The van der Waals surface area contributed by atoms with E-state index in [1.807, 2.05) is 0 Å². The smallest absolute Gasteiger partial charge is 0.331 e. The first-order valence-electron chi connectivity index (χ1n) is 8.42. The molecule has 9 heteroatoms. The van der Waals surface area contributed by atoms with Gasteiger partial charge in [0.05, 0.1) is 20.8 Å². The third-order valence-electron chi connectivity index (χ3n) is 4.25. The van der Waals surface area contributed by atoms with Gasteiger partial charge < -0.3 is 14.6 Å². The molecule has 0 radical (unpaired) electrons. The lowest BCUT2D eigenvalue weighted by atomic mass is 10.1. The highest BCUT2D eigenvalue weighted by Crippen LogP contribution is 2.37. The number of ether oxygens (including phenoxy) is 2. The second-order valence-corrected chi connectivity index (χ2v) is 6.11. The van der Waals surface area contributed by atoms with Gasteiger partial charge in [0.1, 0.15) is 11.4 Å². The van der Waals surface area contributed by atoms with Crippen molar-refractivity contribution in [1.29, 1.82) is 0 Å². The minimum Gasteiger partial charge on any atom is -0.502 e.